The normalized spacial score (nSPS) is 24.3. The highest BCUT2D eigenvalue weighted by molar-refractivity contribution is 5.80. The summed E-state index contributed by atoms with van der Waals surface area (Å²) in [5, 5.41) is 12.4. The van der Waals surface area contributed by atoms with Gasteiger partial charge in [0.2, 0.25) is 0 Å². The van der Waals surface area contributed by atoms with Gasteiger partial charge in [-0.25, -0.2) is 0 Å². The van der Waals surface area contributed by atoms with Gasteiger partial charge in [-0.05, 0) is 56.1 Å². The number of fused-ring (bicyclic) bond motifs is 3. The van der Waals surface area contributed by atoms with Crippen LogP contribution in [0.1, 0.15) is 61.3 Å². The Morgan fingerprint density at radius 3 is 2.90 bits per heavy atom. The Hall–Kier alpha value is -2.37. The molecule has 1 fully saturated rings. The Kier molecular flexibility index (Phi) is 5.02. The highest BCUT2D eigenvalue weighted by atomic mass is 15.3. The predicted molar refractivity (Wildman–Crippen MR) is 115 cm³/mol. The van der Waals surface area contributed by atoms with Crippen LogP contribution in [0.3, 0.4) is 0 Å². The van der Waals surface area contributed by atoms with Crippen molar-refractivity contribution in [1.82, 2.24) is 25.0 Å². The fourth-order valence-electron chi connectivity index (χ4n) is 5.73. The van der Waals surface area contributed by atoms with Gasteiger partial charge in [0.25, 0.3) is 0 Å². The Morgan fingerprint density at radius 1 is 1.07 bits per heavy atom. The topological polar surface area (TPSA) is 58.3 Å². The van der Waals surface area contributed by atoms with Gasteiger partial charge in [0, 0.05) is 38.5 Å². The second-order valence-corrected chi connectivity index (χ2v) is 8.86. The van der Waals surface area contributed by atoms with Gasteiger partial charge in [-0.2, -0.15) is 0 Å². The van der Waals surface area contributed by atoms with Crippen LogP contribution in [-0.4, -0.2) is 45.8 Å². The fraction of sp³-hybridized carbons (Fsp3) is 0.609. The first-order valence-corrected chi connectivity index (χ1v) is 11.2. The number of hydrogen-bond donors (Lipinski definition) is 1. The van der Waals surface area contributed by atoms with E-state index in [1.54, 1.807) is 11.1 Å². The van der Waals surface area contributed by atoms with Gasteiger partial charge in [0.15, 0.2) is 11.8 Å². The van der Waals surface area contributed by atoms with Gasteiger partial charge >= 0.3 is 0 Å². The molecule has 1 unspecified atom stereocenters. The number of rotatable bonds is 2. The first-order chi connectivity index (χ1) is 14.3. The van der Waals surface area contributed by atoms with Gasteiger partial charge < -0.3 is 14.8 Å². The molecule has 3 aliphatic rings. The molecule has 6 heteroatoms. The molecule has 6 nitrogen and oxygen atoms in total. The summed E-state index contributed by atoms with van der Waals surface area (Å²) in [6, 6.07) is 9.11. The summed E-state index contributed by atoms with van der Waals surface area (Å²) in [6.07, 6.45) is 9.81. The molecule has 1 N–H and O–H groups in total. The Labute approximate surface area is 173 Å². The average molecular weight is 393 g/mol. The van der Waals surface area contributed by atoms with Crippen molar-refractivity contribution in [2.24, 2.45) is 4.99 Å². The Bertz CT molecular complexity index is 901. The molecule has 1 atom stereocenters. The fourth-order valence-corrected chi connectivity index (χ4v) is 5.73. The minimum absolute atomic E-state index is 0.277. The number of guanidine groups is 1. The van der Waals surface area contributed by atoms with E-state index in [1.807, 2.05) is 7.05 Å². The molecule has 1 saturated heterocycles. The summed E-state index contributed by atoms with van der Waals surface area (Å²) in [4.78, 5) is 7.10. The molecule has 1 aromatic carbocycles. The van der Waals surface area contributed by atoms with Crippen LogP contribution in [0.15, 0.2) is 29.3 Å². The number of aromatic nitrogens is 3. The summed E-state index contributed by atoms with van der Waals surface area (Å²) < 4.78 is 2.29. The van der Waals surface area contributed by atoms with Crippen LogP contribution >= 0.6 is 0 Å². The minimum atomic E-state index is 0.277. The first kappa shape index (κ1) is 18.6. The standard InChI is InChI=1S/C23H32N6/c1-24-22(25-16-21-27-26-20-11-4-5-15-29(20)21)28-14-7-13-23(17-28)12-6-9-18-8-2-3-10-19(18)23/h2-3,8,10H,4-7,9,11-17H2,1H3,(H,24,25). The van der Waals surface area contributed by atoms with Crippen molar-refractivity contribution in [2.45, 2.75) is 69.9 Å². The lowest BCUT2D eigenvalue weighted by molar-refractivity contribution is 0.188. The highest BCUT2D eigenvalue weighted by Crippen LogP contribution is 2.43. The maximum absolute atomic E-state index is 4.63. The number of likely N-dealkylation sites (tertiary alicyclic amines) is 1. The lowest BCUT2D eigenvalue weighted by atomic mass is 9.66. The van der Waals surface area contributed by atoms with E-state index in [0.717, 1.165) is 43.7 Å². The van der Waals surface area contributed by atoms with Crippen LogP contribution in [-0.2, 0) is 31.3 Å². The lowest BCUT2D eigenvalue weighted by Gasteiger charge is -2.47. The largest absolute Gasteiger partial charge is 0.349 e. The van der Waals surface area contributed by atoms with Crippen molar-refractivity contribution in [3.63, 3.8) is 0 Å². The Morgan fingerprint density at radius 2 is 1.97 bits per heavy atom. The molecule has 2 aromatic rings. The molecule has 1 spiro atoms. The molecule has 5 rings (SSSR count). The van der Waals surface area contributed by atoms with Gasteiger partial charge in [-0.3, -0.25) is 4.99 Å². The molecule has 29 heavy (non-hydrogen) atoms. The second-order valence-electron chi connectivity index (χ2n) is 8.86. The van der Waals surface area contributed by atoms with Gasteiger partial charge in [0.1, 0.15) is 5.82 Å². The van der Waals surface area contributed by atoms with E-state index in [2.05, 4.69) is 54.2 Å². The quantitative estimate of drug-likeness (QED) is 0.630. The van der Waals surface area contributed by atoms with Crippen molar-refractivity contribution in [3.05, 3.63) is 47.0 Å². The molecular weight excluding hydrogens is 360 g/mol. The van der Waals surface area contributed by atoms with E-state index in [9.17, 15) is 0 Å². The smallest absolute Gasteiger partial charge is 0.194 e. The predicted octanol–water partition coefficient (Wildman–Crippen LogP) is 3.06. The lowest BCUT2D eigenvalue weighted by Crippen LogP contribution is -2.53. The van der Waals surface area contributed by atoms with Gasteiger partial charge in [-0.15, -0.1) is 10.2 Å². The molecule has 0 radical (unpaired) electrons. The third-order valence-corrected chi connectivity index (χ3v) is 7.12. The molecule has 0 amide bonds. The third kappa shape index (κ3) is 3.43. The van der Waals surface area contributed by atoms with E-state index < -0.39 is 0 Å². The molecule has 2 aliphatic heterocycles. The number of nitrogens with zero attached hydrogens (tertiary/aromatic N) is 5. The van der Waals surface area contributed by atoms with E-state index >= 15 is 0 Å². The zero-order chi connectivity index (χ0) is 19.7. The summed E-state index contributed by atoms with van der Waals surface area (Å²) >= 11 is 0. The molecular formula is C23H32N6. The molecule has 0 saturated carbocycles. The molecule has 0 bridgehead atoms. The maximum Gasteiger partial charge on any atom is 0.194 e. The number of hydrogen-bond acceptors (Lipinski definition) is 3. The van der Waals surface area contributed by atoms with Crippen molar-refractivity contribution >= 4 is 5.96 Å². The zero-order valence-corrected chi connectivity index (χ0v) is 17.5. The van der Waals surface area contributed by atoms with E-state index in [1.165, 1.54) is 44.9 Å². The molecule has 1 aromatic heterocycles. The van der Waals surface area contributed by atoms with Crippen LogP contribution in [0.5, 0.6) is 0 Å². The van der Waals surface area contributed by atoms with Crippen LogP contribution in [0.2, 0.25) is 0 Å². The Balaban J connectivity index is 1.32. The monoisotopic (exact) mass is 392 g/mol. The molecule has 154 valence electrons. The van der Waals surface area contributed by atoms with Crippen LogP contribution in [0.25, 0.3) is 0 Å². The van der Waals surface area contributed by atoms with Gasteiger partial charge in [-0.1, -0.05) is 24.3 Å². The number of aliphatic imine (C=N–C) groups is 1. The van der Waals surface area contributed by atoms with Crippen LogP contribution in [0.4, 0.5) is 0 Å². The number of piperidine rings is 1. The molecule has 3 heterocycles. The maximum atomic E-state index is 4.63. The minimum Gasteiger partial charge on any atom is -0.349 e. The van der Waals surface area contributed by atoms with Crippen molar-refractivity contribution in [2.75, 3.05) is 20.1 Å². The average Bonchev–Trinajstić information content (AvgIpc) is 3.18. The molecule has 1 aliphatic carbocycles. The first-order valence-electron chi connectivity index (χ1n) is 11.2. The summed E-state index contributed by atoms with van der Waals surface area (Å²) in [5.41, 5.74) is 3.41. The van der Waals surface area contributed by atoms with Gasteiger partial charge in [0.05, 0.1) is 6.54 Å². The third-order valence-electron chi connectivity index (χ3n) is 7.12. The van der Waals surface area contributed by atoms with Crippen molar-refractivity contribution < 1.29 is 0 Å². The zero-order valence-electron chi connectivity index (χ0n) is 17.5. The number of benzene rings is 1. The van der Waals surface area contributed by atoms with Crippen LogP contribution < -0.4 is 5.32 Å². The number of nitrogens with one attached hydrogen (secondary N) is 1. The SMILES string of the molecule is CN=C(NCc1nnc2n1CCCC2)N1CCCC2(CCCc3ccccc32)C1. The highest BCUT2D eigenvalue weighted by Gasteiger charge is 2.40. The van der Waals surface area contributed by atoms with E-state index in [-0.39, 0.29) is 5.41 Å². The van der Waals surface area contributed by atoms with Crippen LogP contribution in [0, 0.1) is 0 Å². The second kappa shape index (κ2) is 7.81. The summed E-state index contributed by atoms with van der Waals surface area (Å²) in [5.74, 6) is 3.18. The summed E-state index contributed by atoms with van der Waals surface area (Å²) in [7, 11) is 1.90. The number of aryl methyl sites for hydroxylation is 2. The van der Waals surface area contributed by atoms with Crippen molar-refractivity contribution in [1.29, 1.82) is 0 Å². The van der Waals surface area contributed by atoms with E-state index in [4.69, 9.17) is 0 Å². The van der Waals surface area contributed by atoms with E-state index in [0.29, 0.717) is 6.54 Å². The summed E-state index contributed by atoms with van der Waals surface area (Å²) in [6.45, 7) is 3.87. The van der Waals surface area contributed by atoms with Crippen molar-refractivity contribution in [3.8, 4) is 0 Å².